The minimum atomic E-state index is -0.979. The smallest absolute Gasteiger partial charge is 0.335 e. The Labute approximate surface area is 198 Å². The van der Waals surface area contributed by atoms with E-state index in [0.29, 0.717) is 12.1 Å². The van der Waals surface area contributed by atoms with Gasteiger partial charge in [0, 0.05) is 12.2 Å². The fourth-order valence-electron chi connectivity index (χ4n) is 4.46. The molecule has 0 saturated heterocycles. The normalized spacial score (nSPS) is 15.2. The van der Waals surface area contributed by atoms with Crippen molar-refractivity contribution in [2.75, 3.05) is 9.80 Å². The van der Waals surface area contributed by atoms with Crippen molar-refractivity contribution >= 4 is 23.3 Å². The first-order valence-electron chi connectivity index (χ1n) is 11.2. The maximum atomic E-state index is 13.9. The Bertz CT molecular complexity index is 1330. The Morgan fingerprint density at radius 2 is 1.47 bits per heavy atom. The SMILES string of the molecule is Cc1ccc(N2C(=O)c3ccccc3N(Cc3ccccc3)[C@H]2c2ccc(C(=O)O)cc2)cc1. The van der Waals surface area contributed by atoms with E-state index in [2.05, 4.69) is 17.0 Å². The molecule has 5 rings (SSSR count). The largest absolute Gasteiger partial charge is 0.478 e. The Hall–Kier alpha value is -4.38. The van der Waals surface area contributed by atoms with Crippen LogP contribution >= 0.6 is 0 Å². The zero-order valence-electron chi connectivity index (χ0n) is 18.8. The number of aromatic carboxylic acids is 1. The molecule has 168 valence electrons. The van der Waals surface area contributed by atoms with E-state index in [1.54, 1.807) is 29.2 Å². The Kier molecular flexibility index (Phi) is 5.60. The van der Waals surface area contributed by atoms with Crippen molar-refractivity contribution in [1.82, 2.24) is 0 Å². The van der Waals surface area contributed by atoms with Gasteiger partial charge in [0.1, 0.15) is 6.17 Å². The first kappa shape index (κ1) is 21.5. The summed E-state index contributed by atoms with van der Waals surface area (Å²) < 4.78 is 0. The summed E-state index contributed by atoms with van der Waals surface area (Å²) in [7, 11) is 0. The van der Waals surface area contributed by atoms with Crippen LogP contribution in [0, 0.1) is 6.92 Å². The van der Waals surface area contributed by atoms with Gasteiger partial charge in [-0.25, -0.2) is 4.79 Å². The number of carboxylic acid groups (broad SMARTS) is 1. The third-order valence-corrected chi connectivity index (χ3v) is 6.17. The highest BCUT2D eigenvalue weighted by Gasteiger charge is 2.39. The van der Waals surface area contributed by atoms with Gasteiger partial charge in [-0.1, -0.05) is 72.3 Å². The number of hydrogen-bond acceptors (Lipinski definition) is 3. The van der Waals surface area contributed by atoms with E-state index < -0.39 is 12.1 Å². The second kappa shape index (κ2) is 8.87. The third-order valence-electron chi connectivity index (χ3n) is 6.17. The summed E-state index contributed by atoms with van der Waals surface area (Å²) in [5, 5.41) is 9.39. The molecular weight excluding hydrogens is 424 g/mol. The van der Waals surface area contributed by atoms with Gasteiger partial charge < -0.3 is 10.0 Å². The lowest BCUT2D eigenvalue weighted by Gasteiger charge is -2.46. The molecule has 1 amide bonds. The molecule has 0 aliphatic carbocycles. The minimum absolute atomic E-state index is 0.0870. The molecule has 0 saturated carbocycles. The van der Waals surface area contributed by atoms with Crippen molar-refractivity contribution in [1.29, 1.82) is 0 Å². The summed E-state index contributed by atoms with van der Waals surface area (Å²) >= 11 is 0. The molecule has 4 aromatic rings. The summed E-state index contributed by atoms with van der Waals surface area (Å²) in [4.78, 5) is 29.3. The molecule has 1 heterocycles. The molecule has 4 aromatic carbocycles. The van der Waals surface area contributed by atoms with Gasteiger partial charge in [-0.3, -0.25) is 9.69 Å². The summed E-state index contributed by atoms with van der Waals surface area (Å²) in [6.07, 6.45) is -0.451. The average Bonchev–Trinajstić information content (AvgIpc) is 2.87. The number of carbonyl (C=O) groups excluding carboxylic acids is 1. The van der Waals surface area contributed by atoms with Crippen LogP contribution < -0.4 is 9.80 Å². The molecule has 1 atom stereocenters. The van der Waals surface area contributed by atoms with Crippen LogP contribution in [0.3, 0.4) is 0 Å². The quantitative estimate of drug-likeness (QED) is 0.403. The number of rotatable bonds is 5. The second-order valence-corrected chi connectivity index (χ2v) is 8.44. The predicted molar refractivity (Wildman–Crippen MR) is 133 cm³/mol. The van der Waals surface area contributed by atoms with Gasteiger partial charge >= 0.3 is 5.97 Å². The lowest BCUT2D eigenvalue weighted by molar-refractivity contribution is 0.0696. The number of benzene rings is 4. The molecule has 5 heteroatoms. The predicted octanol–water partition coefficient (Wildman–Crippen LogP) is 6.06. The average molecular weight is 449 g/mol. The van der Waals surface area contributed by atoms with E-state index in [1.807, 2.05) is 73.7 Å². The zero-order chi connectivity index (χ0) is 23.7. The van der Waals surface area contributed by atoms with Gasteiger partial charge in [0.05, 0.1) is 16.8 Å². The summed E-state index contributed by atoms with van der Waals surface area (Å²) in [6.45, 7) is 2.60. The number of aryl methyl sites for hydroxylation is 1. The van der Waals surface area contributed by atoms with Gasteiger partial charge in [-0.15, -0.1) is 0 Å². The van der Waals surface area contributed by atoms with Crippen LogP contribution in [0.5, 0.6) is 0 Å². The van der Waals surface area contributed by atoms with E-state index in [1.165, 1.54) is 0 Å². The Balaban J connectivity index is 1.71. The molecule has 0 fully saturated rings. The molecule has 0 aromatic heterocycles. The minimum Gasteiger partial charge on any atom is -0.478 e. The lowest BCUT2D eigenvalue weighted by atomic mass is 9.98. The number of para-hydroxylation sites is 1. The summed E-state index contributed by atoms with van der Waals surface area (Å²) in [6, 6.07) is 32.5. The number of anilines is 2. The van der Waals surface area contributed by atoms with Crippen LogP contribution in [-0.4, -0.2) is 17.0 Å². The van der Waals surface area contributed by atoms with Crippen molar-refractivity contribution in [3.8, 4) is 0 Å². The highest BCUT2D eigenvalue weighted by Crippen LogP contribution is 2.42. The molecule has 0 spiro atoms. The van der Waals surface area contributed by atoms with E-state index in [0.717, 1.165) is 28.1 Å². The van der Waals surface area contributed by atoms with Crippen molar-refractivity contribution in [2.45, 2.75) is 19.6 Å². The van der Waals surface area contributed by atoms with Gasteiger partial charge in [0.15, 0.2) is 0 Å². The number of nitrogens with zero attached hydrogens (tertiary/aromatic N) is 2. The Morgan fingerprint density at radius 1 is 0.824 bits per heavy atom. The van der Waals surface area contributed by atoms with Gasteiger partial charge in [0.25, 0.3) is 5.91 Å². The number of carbonyl (C=O) groups is 2. The molecule has 34 heavy (non-hydrogen) atoms. The van der Waals surface area contributed by atoms with Crippen molar-refractivity contribution in [3.63, 3.8) is 0 Å². The van der Waals surface area contributed by atoms with E-state index in [-0.39, 0.29) is 11.5 Å². The van der Waals surface area contributed by atoms with Crippen LogP contribution in [0.25, 0.3) is 0 Å². The van der Waals surface area contributed by atoms with Crippen LogP contribution in [0.4, 0.5) is 11.4 Å². The second-order valence-electron chi connectivity index (χ2n) is 8.44. The number of hydrogen-bond donors (Lipinski definition) is 1. The van der Waals surface area contributed by atoms with Crippen LogP contribution in [0.2, 0.25) is 0 Å². The third kappa shape index (κ3) is 3.92. The summed E-state index contributed by atoms with van der Waals surface area (Å²) in [5.41, 5.74) is 5.55. The summed E-state index contributed by atoms with van der Waals surface area (Å²) in [5.74, 6) is -1.07. The van der Waals surface area contributed by atoms with Gasteiger partial charge in [0.2, 0.25) is 0 Å². The molecule has 1 aliphatic rings. The van der Waals surface area contributed by atoms with E-state index in [4.69, 9.17) is 0 Å². The maximum Gasteiger partial charge on any atom is 0.335 e. The molecule has 1 aliphatic heterocycles. The first-order valence-corrected chi connectivity index (χ1v) is 11.2. The number of carboxylic acids is 1. The fourth-order valence-corrected chi connectivity index (χ4v) is 4.46. The number of fused-ring (bicyclic) bond motifs is 1. The Morgan fingerprint density at radius 3 is 2.15 bits per heavy atom. The van der Waals surface area contributed by atoms with E-state index in [9.17, 15) is 14.7 Å². The lowest BCUT2D eigenvalue weighted by Crippen LogP contribution is -2.49. The van der Waals surface area contributed by atoms with Crippen molar-refractivity contribution < 1.29 is 14.7 Å². The molecule has 5 nitrogen and oxygen atoms in total. The van der Waals surface area contributed by atoms with E-state index >= 15 is 0 Å². The topological polar surface area (TPSA) is 60.9 Å². The number of amides is 1. The fraction of sp³-hybridized carbons (Fsp3) is 0.103. The monoisotopic (exact) mass is 448 g/mol. The highest BCUT2D eigenvalue weighted by atomic mass is 16.4. The highest BCUT2D eigenvalue weighted by molar-refractivity contribution is 6.12. The first-order chi connectivity index (χ1) is 16.5. The van der Waals surface area contributed by atoms with Crippen LogP contribution in [0.1, 0.15) is 43.6 Å². The molecule has 0 unspecified atom stereocenters. The molecular formula is C29H24N2O3. The maximum absolute atomic E-state index is 13.9. The van der Waals surface area contributed by atoms with Crippen molar-refractivity contribution in [2.24, 2.45) is 0 Å². The zero-order valence-corrected chi connectivity index (χ0v) is 18.8. The molecule has 0 bridgehead atoms. The van der Waals surface area contributed by atoms with Crippen molar-refractivity contribution in [3.05, 3.63) is 131 Å². The van der Waals surface area contributed by atoms with Gasteiger partial charge in [-0.05, 0) is 54.4 Å². The van der Waals surface area contributed by atoms with Crippen LogP contribution in [-0.2, 0) is 6.54 Å². The standard InChI is InChI=1S/C29H24N2O3/c1-20-11-17-24(18-12-20)31-27(22-13-15-23(16-14-22)29(33)34)30(19-21-7-3-2-4-8-21)26-10-6-5-9-25(26)28(31)32/h2-18,27H,19H2,1H3,(H,33,34)/t27-/m1/s1. The molecule has 1 N–H and O–H groups in total. The van der Waals surface area contributed by atoms with Crippen LogP contribution in [0.15, 0.2) is 103 Å². The molecule has 0 radical (unpaired) electrons. The van der Waals surface area contributed by atoms with Gasteiger partial charge in [-0.2, -0.15) is 0 Å².